The number of likely N-dealkylation sites (N-methyl/N-ethyl adjacent to an activating group) is 7. The van der Waals surface area contributed by atoms with Crippen LogP contribution in [0.2, 0.25) is 0 Å². The van der Waals surface area contributed by atoms with Crippen molar-refractivity contribution >= 4 is 82.5 Å². The maximum absolute atomic E-state index is 15.8. The zero-order chi connectivity index (χ0) is 78.6. The smallest absolute Gasteiger partial charge is 0.377 e. The maximum Gasteiger partial charge on any atom is 0.393 e. The van der Waals surface area contributed by atoms with Gasteiger partial charge in [-0.1, -0.05) is 111 Å². The molecule has 3 N–H and O–H groups in total. The van der Waals surface area contributed by atoms with E-state index in [2.05, 4.69) is 22.9 Å². The van der Waals surface area contributed by atoms with Crippen LogP contribution < -0.4 is 16.0 Å². The number of fused-ring (bicyclic) bond motifs is 3. The van der Waals surface area contributed by atoms with Crippen molar-refractivity contribution in [1.29, 1.82) is 0 Å². The van der Waals surface area contributed by atoms with Crippen LogP contribution in [0.15, 0.2) is 12.2 Å². The predicted octanol–water partition coefficient (Wildman–Crippen LogP) is 6.91. The van der Waals surface area contributed by atoms with Gasteiger partial charge >= 0.3 is 6.18 Å². The lowest BCUT2D eigenvalue weighted by Gasteiger charge is -2.54. The van der Waals surface area contributed by atoms with Gasteiger partial charge in [-0.2, -0.15) is 13.2 Å². The molecule has 2 bridgehead atoms. The van der Waals surface area contributed by atoms with Gasteiger partial charge in [-0.3, -0.25) is 57.5 Å². The number of hydrogen-bond donors (Lipinski definition) is 3. The van der Waals surface area contributed by atoms with E-state index in [4.69, 9.17) is 16.3 Å². The average Bonchev–Trinajstić information content (AvgIpc) is 0.938. The van der Waals surface area contributed by atoms with Crippen LogP contribution in [0.25, 0.3) is 0 Å². The van der Waals surface area contributed by atoms with Crippen LogP contribution >= 0.6 is 11.6 Å². The molecule has 3 unspecified atom stereocenters. The first-order chi connectivity index (χ1) is 49.8. The SMILES string of the molecule is CCC[C@H]1C(=O)N[C@@H](C(CC)CC)C(=O)N(C)CC(=O)N(C)[C@H]2C/C=C\CCN(C2=O)[C@@H](CC2CCC(C)CC2)C(=O)N(C)CC(=O)N[C@@H](CCC2CCC(C(F)(F)F)C(Cl)C2)C(=O)N2C[C@H](OCC)C[C@H]2C(=O)NC2(CC(C)(C)C2)C(=O)N(C)[C@@H](C2CCCC2)C(=O)N(C)[C@H](C(=O)N(C)C)CC(=O)N1C. The molecule has 3 aliphatic heterocycles. The highest BCUT2D eigenvalue weighted by atomic mass is 35.5. The molecule has 0 aromatic carbocycles. The Balaban J connectivity index is 1.33. The third-order valence-electron chi connectivity index (χ3n) is 24.3. The van der Waals surface area contributed by atoms with E-state index >= 15 is 28.8 Å². The summed E-state index contributed by atoms with van der Waals surface area (Å²) in [4.78, 5) is 194. The van der Waals surface area contributed by atoms with Crippen molar-refractivity contribution in [2.24, 2.45) is 40.9 Å². The maximum atomic E-state index is 15.8. The van der Waals surface area contributed by atoms with Crippen LogP contribution in [0.1, 0.15) is 203 Å². The fourth-order valence-corrected chi connectivity index (χ4v) is 18.6. The topological polar surface area (TPSA) is 279 Å². The van der Waals surface area contributed by atoms with Crippen molar-refractivity contribution in [3.63, 3.8) is 0 Å². The molecule has 0 aromatic rings. The van der Waals surface area contributed by atoms with Gasteiger partial charge in [0.05, 0.1) is 31.5 Å². The Labute approximate surface area is 631 Å². The standard InChI is InChI=1S/C77H124ClF3N12O13/c1-16-25-56-66(97)83-64(50(17-2)18-3)72(103)87(11)44-63(96)89(13)57-28-21-20-24-37-92(71(57)102)60(39-49-31-29-47(5)30-32-49)70(101)86(10)43-61(94)82-55(36-34-48-33-35-53(54(78)38-48)77(79,80)81)68(99)93-42-52(106-19-4)40-58(93)67(98)84-76(45-75(6,7)46-76)74(105)91(15)65(51-26-22-23-27-51)73(104)90(14)59(69(100)85(8)9)41-62(95)88(56)12/h20-21,47-60,64-65H,16-19,22-46H2,1-15H3,(H,82,94)(H,83,97)(H,84,98)/b21-20-/t47?,48?,49?,52-,53?,54?,55+,56+,57+,58+,59+,60+,64+,65+/m1/s1. The Morgan fingerprint density at radius 1 is 0.670 bits per heavy atom. The van der Waals surface area contributed by atoms with Crippen LogP contribution in [0.4, 0.5) is 13.2 Å². The molecule has 7 rings (SSSR count). The van der Waals surface area contributed by atoms with Gasteiger partial charge in [0.2, 0.25) is 70.9 Å². The summed E-state index contributed by atoms with van der Waals surface area (Å²) in [6.45, 7) is 12.3. The zero-order valence-corrected chi connectivity index (χ0v) is 66.5. The highest BCUT2D eigenvalue weighted by molar-refractivity contribution is 6.21. The monoisotopic (exact) mass is 1520 g/mol. The zero-order valence-electron chi connectivity index (χ0n) is 65.7. The molecular formula is C77H124ClF3N12O13. The number of rotatable bonds is 14. The third-order valence-corrected chi connectivity index (χ3v) is 24.8. The van der Waals surface area contributed by atoms with Gasteiger partial charge in [-0.05, 0) is 125 Å². The molecule has 7 aliphatic rings. The van der Waals surface area contributed by atoms with Crippen LogP contribution in [-0.4, -0.2) is 276 Å². The van der Waals surface area contributed by atoms with Crippen molar-refractivity contribution in [2.45, 2.75) is 274 Å². The van der Waals surface area contributed by atoms with Crippen LogP contribution in [0.3, 0.4) is 0 Å². The summed E-state index contributed by atoms with van der Waals surface area (Å²) < 4.78 is 48.6. The number of hydrogen-bond acceptors (Lipinski definition) is 13. The quantitative estimate of drug-likeness (QED) is 0.118. The van der Waals surface area contributed by atoms with E-state index in [0.717, 1.165) is 38.5 Å². The second-order valence-corrected chi connectivity index (χ2v) is 33.5. The van der Waals surface area contributed by atoms with E-state index in [1.165, 1.54) is 100 Å². The Bertz CT molecular complexity index is 3150. The summed E-state index contributed by atoms with van der Waals surface area (Å²) in [6, 6.07) is -10.1. The number of ether oxygens (including phenoxy) is 1. The third kappa shape index (κ3) is 21.1. The Morgan fingerprint density at radius 2 is 1.30 bits per heavy atom. The number of carbonyl (C=O) groups excluding carboxylic acids is 12. The minimum Gasteiger partial charge on any atom is -0.377 e. The number of carbonyl (C=O) groups is 12. The average molecular weight is 1520 g/mol. The summed E-state index contributed by atoms with van der Waals surface area (Å²) in [7, 11) is 11.6. The van der Waals surface area contributed by atoms with Gasteiger partial charge in [0, 0.05) is 87.9 Å². The minimum absolute atomic E-state index is 0.00567. The van der Waals surface area contributed by atoms with Gasteiger partial charge in [0.25, 0.3) is 0 Å². The van der Waals surface area contributed by atoms with Crippen molar-refractivity contribution in [3.8, 4) is 0 Å². The first-order valence-corrected chi connectivity index (χ1v) is 39.5. The molecule has 1 spiro atoms. The first-order valence-electron chi connectivity index (χ1n) is 39.1. The van der Waals surface area contributed by atoms with Crippen molar-refractivity contribution in [1.82, 2.24) is 60.0 Å². The molecule has 25 nitrogen and oxygen atoms in total. The molecule has 29 heteroatoms. The lowest BCUT2D eigenvalue weighted by atomic mass is 9.58. The van der Waals surface area contributed by atoms with Gasteiger partial charge in [-0.25, -0.2) is 0 Å². The van der Waals surface area contributed by atoms with Crippen LogP contribution in [0, 0.1) is 40.9 Å². The minimum atomic E-state index is -4.53. The number of halogens is 4. The molecule has 12 atom stereocenters. The normalized spacial score (nSPS) is 31.7. The number of nitrogens with zero attached hydrogens (tertiary/aromatic N) is 9. The molecular weight excluding hydrogens is 1390 g/mol. The second kappa shape index (κ2) is 37.7. The molecule has 0 radical (unpaired) electrons. The molecule has 106 heavy (non-hydrogen) atoms. The number of nitrogens with one attached hydrogen (secondary N) is 3. The Hall–Kier alpha value is -6.58. The molecule has 3 heterocycles. The van der Waals surface area contributed by atoms with Crippen molar-refractivity contribution < 1.29 is 75.4 Å². The van der Waals surface area contributed by atoms with Crippen molar-refractivity contribution in [2.75, 3.05) is 89.2 Å². The summed E-state index contributed by atoms with van der Waals surface area (Å²) >= 11 is 6.47. The van der Waals surface area contributed by atoms with Gasteiger partial charge < -0.3 is 64.8 Å². The second-order valence-electron chi connectivity index (χ2n) is 32.9. The lowest BCUT2D eigenvalue weighted by molar-refractivity contribution is -0.182. The van der Waals surface area contributed by atoms with E-state index in [1.54, 1.807) is 13.0 Å². The molecule has 0 aromatic heterocycles. The van der Waals surface area contributed by atoms with E-state index < -0.39 is 191 Å². The highest BCUT2D eigenvalue weighted by Gasteiger charge is 2.59. The van der Waals surface area contributed by atoms with Gasteiger partial charge in [-0.15, -0.1) is 11.6 Å². The summed E-state index contributed by atoms with van der Waals surface area (Å²) in [5, 5.41) is 7.67. The first kappa shape index (κ1) is 86.7. The number of amides is 12. The van der Waals surface area contributed by atoms with Crippen LogP contribution in [-0.2, 0) is 62.3 Å². The Morgan fingerprint density at radius 3 is 1.89 bits per heavy atom. The Kier molecular flexibility index (Phi) is 30.8. The van der Waals surface area contributed by atoms with Gasteiger partial charge in [0.15, 0.2) is 0 Å². The van der Waals surface area contributed by atoms with Gasteiger partial charge in [0.1, 0.15) is 53.9 Å². The van der Waals surface area contributed by atoms with Crippen molar-refractivity contribution in [3.05, 3.63) is 12.2 Å². The molecule has 2 saturated heterocycles. The van der Waals surface area contributed by atoms with E-state index in [9.17, 15) is 41.9 Å². The van der Waals surface area contributed by atoms with E-state index in [1.807, 2.05) is 40.7 Å². The van der Waals surface area contributed by atoms with E-state index in [-0.39, 0.29) is 96.2 Å². The fourth-order valence-electron chi connectivity index (χ4n) is 18.1. The number of alkyl halides is 4. The summed E-state index contributed by atoms with van der Waals surface area (Å²) in [5.74, 6) is -10.4. The summed E-state index contributed by atoms with van der Waals surface area (Å²) in [6.07, 6.45) is 5.70. The highest BCUT2D eigenvalue weighted by Crippen LogP contribution is 2.50. The van der Waals surface area contributed by atoms with Crippen LogP contribution in [0.5, 0.6) is 0 Å². The molecule has 598 valence electrons. The van der Waals surface area contributed by atoms with E-state index in [0.29, 0.717) is 44.4 Å². The molecule has 4 saturated carbocycles. The molecule has 12 amide bonds. The summed E-state index contributed by atoms with van der Waals surface area (Å²) in [5.41, 5.74) is -2.17. The molecule has 4 aliphatic carbocycles. The lowest BCUT2D eigenvalue weighted by Crippen LogP contribution is -2.71. The largest absolute Gasteiger partial charge is 0.393 e. The molecule has 6 fully saturated rings. The fraction of sp³-hybridized carbons (Fsp3) is 0.818. The predicted molar refractivity (Wildman–Crippen MR) is 394 cm³/mol.